The van der Waals surface area contributed by atoms with Gasteiger partial charge in [-0.1, -0.05) is 24.3 Å². The minimum Gasteiger partial charge on any atom is -0.382 e. The van der Waals surface area contributed by atoms with E-state index in [2.05, 4.69) is 34.3 Å². The van der Waals surface area contributed by atoms with Crippen molar-refractivity contribution in [2.75, 3.05) is 11.1 Å². The number of nitrogen functional groups attached to an aromatic ring is 1. The molecule has 3 N–H and O–H groups in total. The maximum absolute atomic E-state index is 5.54. The molecule has 2 aromatic rings. The van der Waals surface area contributed by atoms with Gasteiger partial charge >= 0.3 is 0 Å². The molecule has 16 heavy (non-hydrogen) atoms. The van der Waals surface area contributed by atoms with Crippen LogP contribution in [-0.2, 0) is 6.54 Å². The smallest absolute Gasteiger partial charge is 0.147 e. The van der Waals surface area contributed by atoms with Gasteiger partial charge in [0.25, 0.3) is 0 Å². The molecule has 0 spiro atoms. The normalized spacial score (nSPS) is 10.1. The van der Waals surface area contributed by atoms with Crippen molar-refractivity contribution in [3.05, 3.63) is 47.8 Å². The number of nitrogens with two attached hydrogens (primary N) is 1. The first-order chi connectivity index (χ1) is 7.75. The molecule has 0 aliphatic carbocycles. The van der Waals surface area contributed by atoms with Crippen LogP contribution in [0.2, 0.25) is 0 Å². The second kappa shape index (κ2) is 4.61. The van der Waals surface area contributed by atoms with Crippen molar-refractivity contribution in [1.82, 2.24) is 9.97 Å². The van der Waals surface area contributed by atoms with Crippen LogP contribution in [0.1, 0.15) is 11.1 Å². The number of hydrogen-bond acceptors (Lipinski definition) is 4. The highest BCUT2D eigenvalue weighted by Gasteiger charge is 1.98. The summed E-state index contributed by atoms with van der Waals surface area (Å²) < 4.78 is 0. The number of benzene rings is 1. The van der Waals surface area contributed by atoms with Crippen molar-refractivity contribution in [2.45, 2.75) is 13.5 Å². The monoisotopic (exact) mass is 214 g/mol. The van der Waals surface area contributed by atoms with Crippen LogP contribution >= 0.6 is 0 Å². The van der Waals surface area contributed by atoms with Gasteiger partial charge in [-0.3, -0.25) is 4.98 Å². The van der Waals surface area contributed by atoms with Gasteiger partial charge in [0.15, 0.2) is 0 Å². The molecule has 4 nitrogen and oxygen atoms in total. The lowest BCUT2D eigenvalue weighted by molar-refractivity contribution is 1.07. The average Bonchev–Trinajstić information content (AvgIpc) is 2.28. The molecule has 1 heterocycles. The lowest BCUT2D eigenvalue weighted by Crippen LogP contribution is -2.04. The van der Waals surface area contributed by atoms with Gasteiger partial charge in [0.2, 0.25) is 0 Å². The zero-order valence-corrected chi connectivity index (χ0v) is 9.14. The minimum absolute atomic E-state index is 0.426. The van der Waals surface area contributed by atoms with E-state index in [0.29, 0.717) is 11.6 Å². The van der Waals surface area contributed by atoms with Gasteiger partial charge in [0.1, 0.15) is 11.6 Å². The maximum Gasteiger partial charge on any atom is 0.147 e. The van der Waals surface area contributed by atoms with E-state index in [-0.39, 0.29) is 0 Å². The summed E-state index contributed by atoms with van der Waals surface area (Å²) in [5.74, 6) is 1.12. The van der Waals surface area contributed by atoms with Crippen LogP contribution in [0.25, 0.3) is 0 Å². The Hall–Kier alpha value is -2.10. The van der Waals surface area contributed by atoms with Gasteiger partial charge in [0, 0.05) is 6.54 Å². The SMILES string of the molecule is Cc1ccccc1CNc1cncc(N)n1. The van der Waals surface area contributed by atoms with Crippen LogP contribution in [0.4, 0.5) is 11.6 Å². The van der Waals surface area contributed by atoms with Crippen molar-refractivity contribution in [3.8, 4) is 0 Å². The van der Waals surface area contributed by atoms with E-state index in [9.17, 15) is 0 Å². The first kappa shape index (κ1) is 10.4. The molecule has 2 rings (SSSR count). The minimum atomic E-state index is 0.426. The third-order valence-corrected chi connectivity index (χ3v) is 2.37. The van der Waals surface area contributed by atoms with Crippen molar-refractivity contribution < 1.29 is 0 Å². The molecule has 0 atom stereocenters. The summed E-state index contributed by atoms with van der Waals surface area (Å²) in [6, 6.07) is 8.22. The van der Waals surface area contributed by atoms with Crippen LogP contribution in [0.5, 0.6) is 0 Å². The Labute approximate surface area is 94.5 Å². The number of rotatable bonds is 3. The van der Waals surface area contributed by atoms with E-state index in [1.807, 2.05) is 12.1 Å². The Kier molecular flexibility index (Phi) is 3.00. The van der Waals surface area contributed by atoms with Crippen LogP contribution in [0.15, 0.2) is 36.7 Å². The fourth-order valence-electron chi connectivity index (χ4n) is 1.46. The Morgan fingerprint density at radius 1 is 1.25 bits per heavy atom. The Bertz CT molecular complexity index is 482. The number of aromatic nitrogens is 2. The van der Waals surface area contributed by atoms with Crippen LogP contribution < -0.4 is 11.1 Å². The molecular formula is C12H14N4. The van der Waals surface area contributed by atoms with E-state index in [4.69, 9.17) is 5.73 Å². The van der Waals surface area contributed by atoms with Crippen molar-refractivity contribution in [2.24, 2.45) is 0 Å². The zero-order chi connectivity index (χ0) is 11.4. The molecule has 0 amide bonds. The van der Waals surface area contributed by atoms with Crippen LogP contribution in [-0.4, -0.2) is 9.97 Å². The quantitative estimate of drug-likeness (QED) is 0.820. The molecule has 0 aliphatic rings. The lowest BCUT2D eigenvalue weighted by Gasteiger charge is -2.07. The molecule has 0 unspecified atom stereocenters. The molecule has 1 aromatic heterocycles. The van der Waals surface area contributed by atoms with E-state index in [1.54, 1.807) is 6.20 Å². The molecule has 0 saturated heterocycles. The molecule has 82 valence electrons. The van der Waals surface area contributed by atoms with E-state index >= 15 is 0 Å². The highest BCUT2D eigenvalue weighted by atomic mass is 15.0. The van der Waals surface area contributed by atoms with Crippen molar-refractivity contribution in [1.29, 1.82) is 0 Å². The second-order valence-corrected chi connectivity index (χ2v) is 3.61. The fourth-order valence-corrected chi connectivity index (χ4v) is 1.46. The maximum atomic E-state index is 5.54. The summed E-state index contributed by atoms with van der Waals surface area (Å²) in [7, 11) is 0. The predicted octanol–water partition coefficient (Wildman–Crippen LogP) is 1.98. The molecule has 1 aromatic carbocycles. The van der Waals surface area contributed by atoms with Crippen molar-refractivity contribution in [3.63, 3.8) is 0 Å². The number of nitrogens with zero attached hydrogens (tertiary/aromatic N) is 2. The van der Waals surface area contributed by atoms with E-state index in [0.717, 1.165) is 6.54 Å². The Morgan fingerprint density at radius 3 is 2.81 bits per heavy atom. The van der Waals surface area contributed by atoms with Crippen molar-refractivity contribution >= 4 is 11.6 Å². The van der Waals surface area contributed by atoms with Gasteiger partial charge in [-0.2, -0.15) is 0 Å². The van der Waals surface area contributed by atoms with Gasteiger partial charge in [-0.05, 0) is 18.1 Å². The van der Waals surface area contributed by atoms with Crippen LogP contribution in [0.3, 0.4) is 0 Å². The molecular weight excluding hydrogens is 200 g/mol. The topological polar surface area (TPSA) is 63.8 Å². The highest BCUT2D eigenvalue weighted by Crippen LogP contribution is 2.10. The van der Waals surface area contributed by atoms with Gasteiger partial charge < -0.3 is 11.1 Å². The Morgan fingerprint density at radius 2 is 2.06 bits per heavy atom. The number of nitrogens with one attached hydrogen (secondary N) is 1. The molecule has 0 saturated carbocycles. The third-order valence-electron chi connectivity index (χ3n) is 2.37. The standard InChI is InChI=1S/C12H14N4/c1-9-4-2-3-5-10(9)6-15-12-8-14-7-11(13)16-12/h2-5,7-8H,6H2,1H3,(H3,13,15,16). The van der Waals surface area contributed by atoms with Gasteiger partial charge in [0.05, 0.1) is 12.4 Å². The summed E-state index contributed by atoms with van der Waals surface area (Å²) in [4.78, 5) is 8.09. The number of hydrogen-bond donors (Lipinski definition) is 2. The molecule has 4 heteroatoms. The number of aryl methyl sites for hydroxylation is 1. The number of anilines is 2. The summed E-state index contributed by atoms with van der Waals surface area (Å²) in [6.07, 6.45) is 3.19. The Balaban J connectivity index is 2.05. The lowest BCUT2D eigenvalue weighted by atomic mass is 10.1. The average molecular weight is 214 g/mol. The molecule has 0 aliphatic heterocycles. The summed E-state index contributed by atoms with van der Waals surface area (Å²) in [6.45, 7) is 2.81. The summed E-state index contributed by atoms with van der Waals surface area (Å²) >= 11 is 0. The van der Waals surface area contributed by atoms with Gasteiger partial charge in [-0.25, -0.2) is 4.98 Å². The van der Waals surface area contributed by atoms with Gasteiger partial charge in [-0.15, -0.1) is 0 Å². The first-order valence-electron chi connectivity index (χ1n) is 5.11. The largest absolute Gasteiger partial charge is 0.382 e. The second-order valence-electron chi connectivity index (χ2n) is 3.61. The zero-order valence-electron chi connectivity index (χ0n) is 9.14. The van der Waals surface area contributed by atoms with Crippen LogP contribution in [0, 0.1) is 6.92 Å². The molecule has 0 fully saturated rings. The van der Waals surface area contributed by atoms with E-state index < -0.39 is 0 Å². The summed E-state index contributed by atoms with van der Waals surface area (Å²) in [5, 5.41) is 3.19. The third kappa shape index (κ3) is 2.48. The fraction of sp³-hybridized carbons (Fsp3) is 0.167. The molecule has 0 radical (unpaired) electrons. The first-order valence-corrected chi connectivity index (χ1v) is 5.11. The molecule has 0 bridgehead atoms. The predicted molar refractivity (Wildman–Crippen MR) is 65.0 cm³/mol. The summed E-state index contributed by atoms with van der Waals surface area (Å²) in [5.41, 5.74) is 8.04. The highest BCUT2D eigenvalue weighted by molar-refractivity contribution is 5.39. The van der Waals surface area contributed by atoms with E-state index in [1.165, 1.54) is 17.3 Å².